The average Bonchev–Trinajstić information content (AvgIpc) is 2.01. The lowest BCUT2D eigenvalue weighted by molar-refractivity contribution is 0.594. The van der Waals surface area contributed by atoms with Gasteiger partial charge in [-0.25, -0.2) is 0 Å². The summed E-state index contributed by atoms with van der Waals surface area (Å²) >= 11 is 0. The van der Waals surface area contributed by atoms with E-state index in [-0.39, 0.29) is 5.41 Å². The molecule has 0 aliphatic heterocycles. The standard InChI is InChI=1S/C12H20NP/c1-12(2,3)9-7-6-8-10(11(9)14)13(4)5/h6-8H,14H2,1-5H3. The number of hydrogen-bond acceptors (Lipinski definition) is 1. The van der Waals surface area contributed by atoms with E-state index in [2.05, 4.69) is 67.2 Å². The zero-order chi connectivity index (χ0) is 10.9. The molecule has 1 unspecified atom stereocenters. The van der Waals surface area contributed by atoms with Gasteiger partial charge in [-0.05, 0) is 22.3 Å². The van der Waals surface area contributed by atoms with E-state index in [1.165, 1.54) is 16.6 Å². The lowest BCUT2D eigenvalue weighted by atomic mass is 9.86. The third kappa shape index (κ3) is 2.27. The maximum absolute atomic E-state index is 2.86. The van der Waals surface area contributed by atoms with Gasteiger partial charge in [-0.3, -0.25) is 0 Å². The van der Waals surface area contributed by atoms with Crippen LogP contribution >= 0.6 is 9.24 Å². The Hall–Kier alpha value is -0.550. The monoisotopic (exact) mass is 209 g/mol. The molecule has 0 saturated heterocycles. The van der Waals surface area contributed by atoms with Crippen molar-refractivity contribution in [3.63, 3.8) is 0 Å². The number of rotatable bonds is 1. The smallest absolute Gasteiger partial charge is 0.0436 e. The first-order valence-electron chi connectivity index (χ1n) is 4.90. The lowest BCUT2D eigenvalue weighted by Gasteiger charge is -2.25. The third-order valence-corrected chi connectivity index (χ3v) is 2.98. The summed E-state index contributed by atoms with van der Waals surface area (Å²) in [5.41, 5.74) is 2.89. The van der Waals surface area contributed by atoms with Crippen LogP contribution in [-0.4, -0.2) is 14.1 Å². The molecule has 0 aliphatic rings. The molecule has 0 aromatic heterocycles. The summed E-state index contributed by atoms with van der Waals surface area (Å²) in [7, 11) is 7.02. The summed E-state index contributed by atoms with van der Waals surface area (Å²) < 4.78 is 0. The van der Waals surface area contributed by atoms with Gasteiger partial charge in [-0.1, -0.05) is 32.9 Å². The molecule has 0 saturated carbocycles. The highest BCUT2D eigenvalue weighted by Crippen LogP contribution is 2.25. The Morgan fingerprint density at radius 1 is 1.14 bits per heavy atom. The molecule has 0 heterocycles. The SMILES string of the molecule is CN(C)c1cccc(C(C)(C)C)c1P. The van der Waals surface area contributed by atoms with Crippen LogP contribution in [0, 0.1) is 0 Å². The minimum Gasteiger partial charge on any atom is -0.377 e. The molecule has 0 fully saturated rings. The molecule has 14 heavy (non-hydrogen) atoms. The highest BCUT2D eigenvalue weighted by molar-refractivity contribution is 7.28. The van der Waals surface area contributed by atoms with Crippen LogP contribution in [0.25, 0.3) is 0 Å². The first kappa shape index (κ1) is 11.5. The van der Waals surface area contributed by atoms with Crippen molar-refractivity contribution in [2.24, 2.45) is 0 Å². The van der Waals surface area contributed by atoms with Crippen LogP contribution in [0.5, 0.6) is 0 Å². The summed E-state index contributed by atoms with van der Waals surface area (Å²) in [5, 5.41) is 1.31. The summed E-state index contributed by atoms with van der Waals surface area (Å²) in [6.45, 7) is 6.74. The van der Waals surface area contributed by atoms with Crippen molar-refractivity contribution in [2.75, 3.05) is 19.0 Å². The fraction of sp³-hybridized carbons (Fsp3) is 0.500. The molecule has 78 valence electrons. The fourth-order valence-electron chi connectivity index (χ4n) is 1.60. The fourth-order valence-corrected chi connectivity index (χ4v) is 2.48. The molecule has 2 heteroatoms. The summed E-state index contributed by atoms with van der Waals surface area (Å²) in [6, 6.07) is 6.48. The van der Waals surface area contributed by atoms with E-state index in [1.54, 1.807) is 0 Å². The molecule has 0 radical (unpaired) electrons. The zero-order valence-corrected chi connectivity index (χ0v) is 10.9. The second-order valence-corrected chi connectivity index (χ2v) is 5.46. The summed E-state index contributed by atoms with van der Waals surface area (Å²) in [4.78, 5) is 2.15. The van der Waals surface area contributed by atoms with Crippen LogP contribution in [0.4, 0.5) is 5.69 Å². The van der Waals surface area contributed by atoms with Gasteiger partial charge in [-0.15, -0.1) is 9.24 Å². The number of hydrogen-bond donors (Lipinski definition) is 0. The van der Waals surface area contributed by atoms with Gasteiger partial charge in [0.2, 0.25) is 0 Å². The number of benzene rings is 1. The van der Waals surface area contributed by atoms with E-state index in [4.69, 9.17) is 0 Å². The molecule has 1 atom stereocenters. The van der Waals surface area contributed by atoms with Gasteiger partial charge in [0.1, 0.15) is 0 Å². The minimum absolute atomic E-state index is 0.211. The zero-order valence-electron chi connectivity index (χ0n) is 9.76. The first-order chi connectivity index (χ1) is 6.34. The molecule has 0 spiro atoms. The highest BCUT2D eigenvalue weighted by atomic mass is 31.0. The molecule has 1 rings (SSSR count). The number of nitrogens with zero attached hydrogens (tertiary/aromatic N) is 1. The van der Waals surface area contributed by atoms with Crippen LogP contribution in [0.1, 0.15) is 26.3 Å². The highest BCUT2D eigenvalue weighted by Gasteiger charge is 2.17. The molecule has 1 aromatic carbocycles. The van der Waals surface area contributed by atoms with Crippen LogP contribution in [0.2, 0.25) is 0 Å². The largest absolute Gasteiger partial charge is 0.377 e. The van der Waals surface area contributed by atoms with Crippen LogP contribution in [0.3, 0.4) is 0 Å². The topological polar surface area (TPSA) is 3.24 Å². The van der Waals surface area contributed by atoms with Gasteiger partial charge in [0, 0.05) is 19.8 Å². The first-order valence-corrected chi connectivity index (χ1v) is 5.48. The van der Waals surface area contributed by atoms with Crippen LogP contribution in [0.15, 0.2) is 18.2 Å². The van der Waals surface area contributed by atoms with E-state index in [1.807, 2.05) is 0 Å². The van der Waals surface area contributed by atoms with Gasteiger partial charge in [0.05, 0.1) is 0 Å². The maximum atomic E-state index is 2.86. The van der Waals surface area contributed by atoms with E-state index in [0.29, 0.717) is 0 Å². The molecule has 1 aromatic rings. The van der Waals surface area contributed by atoms with Gasteiger partial charge in [0.25, 0.3) is 0 Å². The normalized spacial score (nSPS) is 11.6. The quantitative estimate of drug-likeness (QED) is 0.642. The van der Waals surface area contributed by atoms with Crippen molar-refractivity contribution in [2.45, 2.75) is 26.2 Å². The molecule has 0 bridgehead atoms. The van der Waals surface area contributed by atoms with Crippen molar-refractivity contribution in [1.29, 1.82) is 0 Å². The van der Waals surface area contributed by atoms with Crippen LogP contribution in [-0.2, 0) is 5.41 Å². The Morgan fingerprint density at radius 3 is 2.14 bits per heavy atom. The second-order valence-electron chi connectivity index (χ2n) is 4.88. The van der Waals surface area contributed by atoms with Crippen molar-refractivity contribution in [1.82, 2.24) is 0 Å². The van der Waals surface area contributed by atoms with E-state index < -0.39 is 0 Å². The van der Waals surface area contributed by atoms with Crippen molar-refractivity contribution in [3.8, 4) is 0 Å². The molecule has 0 N–H and O–H groups in total. The summed E-state index contributed by atoms with van der Waals surface area (Å²) in [5.74, 6) is 0. The Bertz CT molecular complexity index is 324. The van der Waals surface area contributed by atoms with E-state index in [9.17, 15) is 0 Å². The van der Waals surface area contributed by atoms with Gasteiger partial charge in [-0.2, -0.15) is 0 Å². The molecule has 0 aliphatic carbocycles. The average molecular weight is 209 g/mol. The molecule has 1 nitrogen and oxygen atoms in total. The van der Waals surface area contributed by atoms with Gasteiger partial charge < -0.3 is 4.90 Å². The predicted octanol–water partition coefficient (Wildman–Crippen LogP) is 2.55. The molecular formula is C12H20NP. The Morgan fingerprint density at radius 2 is 1.71 bits per heavy atom. The van der Waals surface area contributed by atoms with E-state index >= 15 is 0 Å². The Labute approximate surface area is 89.7 Å². The predicted molar refractivity (Wildman–Crippen MR) is 68.8 cm³/mol. The van der Waals surface area contributed by atoms with Crippen molar-refractivity contribution in [3.05, 3.63) is 23.8 Å². The van der Waals surface area contributed by atoms with Crippen molar-refractivity contribution < 1.29 is 0 Å². The van der Waals surface area contributed by atoms with Crippen LogP contribution < -0.4 is 10.2 Å². The molecule has 0 amide bonds. The van der Waals surface area contributed by atoms with E-state index in [0.717, 1.165) is 0 Å². The Kier molecular flexibility index (Phi) is 3.21. The second kappa shape index (κ2) is 3.90. The van der Waals surface area contributed by atoms with Crippen molar-refractivity contribution >= 4 is 20.2 Å². The number of anilines is 1. The maximum Gasteiger partial charge on any atom is 0.0436 e. The van der Waals surface area contributed by atoms with Gasteiger partial charge >= 0.3 is 0 Å². The minimum atomic E-state index is 0.211. The Balaban J connectivity index is 3.28. The third-order valence-electron chi connectivity index (χ3n) is 2.37. The lowest BCUT2D eigenvalue weighted by Crippen LogP contribution is -2.24. The summed E-state index contributed by atoms with van der Waals surface area (Å²) in [6.07, 6.45) is 0. The molecular weight excluding hydrogens is 189 g/mol. The van der Waals surface area contributed by atoms with Gasteiger partial charge in [0.15, 0.2) is 0 Å².